The van der Waals surface area contributed by atoms with Crippen LogP contribution in [-0.2, 0) is 10.0 Å². The summed E-state index contributed by atoms with van der Waals surface area (Å²) >= 11 is 0. The number of carboxylic acid groups (broad SMARTS) is 1. The molecule has 0 bridgehead atoms. The molecule has 2 aliphatic heterocycles. The van der Waals surface area contributed by atoms with Crippen LogP contribution in [0.5, 0.6) is 5.75 Å². The maximum Gasteiger partial charge on any atom is 0.407 e. The van der Waals surface area contributed by atoms with Crippen molar-refractivity contribution in [2.24, 2.45) is 5.92 Å². The van der Waals surface area contributed by atoms with Gasteiger partial charge in [0.05, 0.1) is 12.9 Å². The van der Waals surface area contributed by atoms with Crippen molar-refractivity contribution >= 4 is 16.1 Å². The highest BCUT2D eigenvalue weighted by Crippen LogP contribution is 2.31. The van der Waals surface area contributed by atoms with Crippen molar-refractivity contribution in [3.8, 4) is 5.75 Å². The molecule has 1 aromatic carbocycles. The van der Waals surface area contributed by atoms with E-state index in [9.17, 15) is 13.2 Å². The molecule has 0 spiro atoms. The minimum Gasteiger partial charge on any atom is -0.494 e. The second-order valence-corrected chi connectivity index (χ2v) is 9.84. The Kier molecular flexibility index (Phi) is 6.82. The van der Waals surface area contributed by atoms with Crippen molar-refractivity contribution in [2.45, 2.75) is 38.0 Å². The van der Waals surface area contributed by atoms with E-state index in [2.05, 4.69) is 12.1 Å². The number of carbonyl (C=O) groups is 1. The normalized spacial score (nSPS) is 20.2. The van der Waals surface area contributed by atoms with Crippen molar-refractivity contribution in [3.63, 3.8) is 0 Å². The lowest BCUT2D eigenvalue weighted by atomic mass is 9.90. The standard InChI is InChI=1S/C20H30N2O5S/c1-28(25,26)22-12-7-17(8-13-22)18-3-2-4-19(15-18)27-14-9-16-5-10-21(11-6-16)20(23)24/h2-4,15-17H,5-14H2,1H3,(H,23,24). The molecule has 0 aliphatic carbocycles. The molecule has 0 saturated carbocycles. The van der Waals surface area contributed by atoms with E-state index < -0.39 is 16.1 Å². The largest absolute Gasteiger partial charge is 0.494 e. The van der Waals surface area contributed by atoms with Gasteiger partial charge in [0.25, 0.3) is 0 Å². The van der Waals surface area contributed by atoms with E-state index in [0.717, 1.165) is 37.9 Å². The molecule has 1 amide bonds. The van der Waals surface area contributed by atoms with E-state index in [0.29, 0.717) is 44.6 Å². The van der Waals surface area contributed by atoms with E-state index in [4.69, 9.17) is 9.84 Å². The molecule has 3 rings (SSSR count). The van der Waals surface area contributed by atoms with Crippen molar-refractivity contribution in [3.05, 3.63) is 29.8 Å². The minimum absolute atomic E-state index is 0.363. The Morgan fingerprint density at radius 2 is 1.82 bits per heavy atom. The average Bonchev–Trinajstić information content (AvgIpc) is 2.68. The molecule has 2 heterocycles. The number of likely N-dealkylation sites (tertiary alicyclic amines) is 1. The lowest BCUT2D eigenvalue weighted by molar-refractivity contribution is 0.119. The molecule has 2 fully saturated rings. The zero-order valence-electron chi connectivity index (χ0n) is 16.4. The van der Waals surface area contributed by atoms with Gasteiger partial charge < -0.3 is 14.7 Å². The minimum atomic E-state index is -3.10. The highest BCUT2D eigenvalue weighted by Gasteiger charge is 2.26. The van der Waals surface area contributed by atoms with Gasteiger partial charge in [0, 0.05) is 26.2 Å². The lowest BCUT2D eigenvalue weighted by Crippen LogP contribution is -2.37. The van der Waals surface area contributed by atoms with Crippen LogP contribution in [0.2, 0.25) is 0 Å². The first-order valence-electron chi connectivity index (χ1n) is 9.98. The highest BCUT2D eigenvalue weighted by molar-refractivity contribution is 7.88. The van der Waals surface area contributed by atoms with Crippen LogP contribution in [0.15, 0.2) is 24.3 Å². The molecular weight excluding hydrogens is 380 g/mol. The molecule has 1 aromatic rings. The number of sulfonamides is 1. The molecule has 0 unspecified atom stereocenters. The summed E-state index contributed by atoms with van der Waals surface area (Å²) in [5.41, 5.74) is 1.21. The number of amides is 1. The molecule has 0 radical (unpaired) electrons. The summed E-state index contributed by atoms with van der Waals surface area (Å²) in [6.45, 7) is 3.00. The number of nitrogens with zero attached hydrogens (tertiary/aromatic N) is 2. The summed E-state index contributed by atoms with van der Waals surface area (Å²) in [6.07, 6.45) is 4.84. The molecule has 1 N–H and O–H groups in total. The van der Waals surface area contributed by atoms with Crippen molar-refractivity contribution in [2.75, 3.05) is 39.0 Å². The summed E-state index contributed by atoms with van der Waals surface area (Å²) in [4.78, 5) is 12.4. The molecular formula is C20H30N2O5S. The third-order valence-electron chi connectivity index (χ3n) is 5.93. The molecule has 2 aliphatic rings. The van der Waals surface area contributed by atoms with E-state index in [1.165, 1.54) is 16.7 Å². The van der Waals surface area contributed by atoms with Gasteiger partial charge >= 0.3 is 6.09 Å². The summed E-state index contributed by atoms with van der Waals surface area (Å²) in [7, 11) is -3.10. The fraction of sp³-hybridized carbons (Fsp3) is 0.650. The van der Waals surface area contributed by atoms with Crippen LogP contribution in [0.1, 0.15) is 43.6 Å². The Labute approximate surface area is 167 Å². The zero-order valence-corrected chi connectivity index (χ0v) is 17.2. The van der Waals surface area contributed by atoms with E-state index in [1.54, 1.807) is 4.31 Å². The molecule has 28 heavy (non-hydrogen) atoms. The van der Waals surface area contributed by atoms with Gasteiger partial charge in [-0.05, 0) is 61.6 Å². The quantitative estimate of drug-likeness (QED) is 0.779. The van der Waals surface area contributed by atoms with Crippen LogP contribution in [0.4, 0.5) is 4.79 Å². The third kappa shape index (κ3) is 5.61. The number of hydrogen-bond acceptors (Lipinski definition) is 4. The summed E-state index contributed by atoms with van der Waals surface area (Å²) < 4.78 is 30.8. The SMILES string of the molecule is CS(=O)(=O)N1CCC(c2cccc(OCCC3CCN(C(=O)O)CC3)c2)CC1. The van der Waals surface area contributed by atoms with Crippen LogP contribution >= 0.6 is 0 Å². The Morgan fingerprint density at radius 1 is 1.14 bits per heavy atom. The van der Waals surface area contributed by atoms with Gasteiger partial charge in [-0.3, -0.25) is 0 Å². The van der Waals surface area contributed by atoms with Gasteiger partial charge in [0.1, 0.15) is 5.75 Å². The van der Waals surface area contributed by atoms with Crippen molar-refractivity contribution < 1.29 is 23.1 Å². The highest BCUT2D eigenvalue weighted by atomic mass is 32.2. The van der Waals surface area contributed by atoms with Gasteiger partial charge in [-0.1, -0.05) is 12.1 Å². The van der Waals surface area contributed by atoms with Crippen LogP contribution < -0.4 is 4.74 Å². The fourth-order valence-electron chi connectivity index (χ4n) is 4.14. The van der Waals surface area contributed by atoms with Gasteiger partial charge in [-0.2, -0.15) is 0 Å². The monoisotopic (exact) mass is 410 g/mol. The van der Waals surface area contributed by atoms with Crippen LogP contribution in [-0.4, -0.2) is 67.9 Å². The van der Waals surface area contributed by atoms with E-state index >= 15 is 0 Å². The first kappa shape index (κ1) is 20.9. The average molecular weight is 411 g/mol. The first-order chi connectivity index (χ1) is 13.3. The second-order valence-electron chi connectivity index (χ2n) is 7.86. The molecule has 0 aromatic heterocycles. The van der Waals surface area contributed by atoms with Gasteiger partial charge in [0.15, 0.2) is 0 Å². The number of benzene rings is 1. The van der Waals surface area contributed by atoms with Crippen molar-refractivity contribution in [1.82, 2.24) is 9.21 Å². The summed E-state index contributed by atoms with van der Waals surface area (Å²) in [5, 5.41) is 9.01. The Hall–Kier alpha value is -1.80. The lowest BCUT2D eigenvalue weighted by Gasteiger charge is -2.30. The Bertz CT molecular complexity index is 767. The predicted octanol–water partition coefficient (Wildman–Crippen LogP) is 2.98. The Balaban J connectivity index is 1.45. The molecule has 2 saturated heterocycles. The third-order valence-corrected chi connectivity index (χ3v) is 7.24. The van der Waals surface area contributed by atoms with E-state index in [-0.39, 0.29) is 0 Å². The van der Waals surface area contributed by atoms with E-state index in [1.807, 2.05) is 12.1 Å². The van der Waals surface area contributed by atoms with Crippen molar-refractivity contribution in [1.29, 1.82) is 0 Å². The maximum atomic E-state index is 11.7. The van der Waals surface area contributed by atoms with Gasteiger partial charge in [-0.15, -0.1) is 0 Å². The van der Waals surface area contributed by atoms with Crippen LogP contribution in [0, 0.1) is 5.92 Å². The van der Waals surface area contributed by atoms with Crippen LogP contribution in [0.3, 0.4) is 0 Å². The fourth-order valence-corrected chi connectivity index (χ4v) is 5.01. The smallest absolute Gasteiger partial charge is 0.407 e. The number of rotatable bonds is 6. The number of piperidine rings is 2. The first-order valence-corrected chi connectivity index (χ1v) is 11.8. The second kappa shape index (κ2) is 9.13. The number of ether oxygens (including phenoxy) is 1. The Morgan fingerprint density at radius 3 is 2.43 bits per heavy atom. The summed E-state index contributed by atoms with van der Waals surface area (Å²) in [5.74, 6) is 1.73. The molecule has 0 atom stereocenters. The summed E-state index contributed by atoms with van der Waals surface area (Å²) in [6, 6.07) is 8.13. The van der Waals surface area contributed by atoms with Gasteiger partial charge in [0.2, 0.25) is 10.0 Å². The molecule has 8 heteroatoms. The van der Waals surface area contributed by atoms with Gasteiger partial charge in [-0.25, -0.2) is 17.5 Å². The van der Waals surface area contributed by atoms with Crippen LogP contribution in [0.25, 0.3) is 0 Å². The predicted molar refractivity (Wildman–Crippen MR) is 107 cm³/mol. The zero-order chi connectivity index (χ0) is 20.1. The maximum absolute atomic E-state index is 11.7. The molecule has 7 nitrogen and oxygen atoms in total. The number of hydrogen-bond donors (Lipinski definition) is 1. The molecule has 156 valence electrons. The topological polar surface area (TPSA) is 87.2 Å².